The second-order valence-corrected chi connectivity index (χ2v) is 4.67. The maximum Gasteiger partial charge on any atom is 0.412 e. The number of dihydropyridines is 1. The minimum Gasteiger partial charge on any atom is -0.780 e. The van der Waals surface area contributed by atoms with Gasteiger partial charge in [0.1, 0.15) is 5.60 Å². The van der Waals surface area contributed by atoms with Crippen molar-refractivity contribution in [3.05, 3.63) is 22.9 Å². The minimum absolute atomic E-state index is 0.480. The van der Waals surface area contributed by atoms with Crippen LogP contribution in [-0.2, 0) is 17.4 Å². The predicted octanol–water partition coefficient (Wildman–Crippen LogP) is 1.39. The molecular formula is C10H15N2O2S-. The maximum absolute atomic E-state index is 11.4. The van der Waals surface area contributed by atoms with E-state index in [-0.39, 0.29) is 0 Å². The number of rotatable bonds is 1. The van der Waals surface area contributed by atoms with Crippen LogP contribution >= 0.6 is 0 Å². The molecule has 0 fully saturated rings. The lowest BCUT2D eigenvalue weighted by atomic mass is 10.2. The van der Waals surface area contributed by atoms with Crippen LogP contribution in [0.3, 0.4) is 0 Å². The first-order valence-electron chi connectivity index (χ1n) is 4.68. The lowest BCUT2D eigenvalue weighted by Crippen LogP contribution is -2.33. The van der Waals surface area contributed by atoms with Crippen LogP contribution < -0.4 is 10.6 Å². The van der Waals surface area contributed by atoms with E-state index in [1.807, 2.05) is 20.8 Å². The Labute approximate surface area is 95.2 Å². The molecule has 0 aromatic rings. The van der Waals surface area contributed by atoms with Gasteiger partial charge in [0.2, 0.25) is 0 Å². The van der Waals surface area contributed by atoms with Crippen LogP contribution in [-0.4, -0.2) is 18.2 Å². The van der Waals surface area contributed by atoms with Crippen molar-refractivity contribution in [2.75, 3.05) is 6.54 Å². The zero-order valence-electron chi connectivity index (χ0n) is 9.09. The fraction of sp³-hybridized carbons (Fsp3) is 0.500. The molecule has 5 heteroatoms. The molecule has 15 heavy (non-hydrogen) atoms. The molecule has 1 aliphatic rings. The average molecular weight is 227 g/mol. The lowest BCUT2D eigenvalue weighted by molar-refractivity contribution is 0.0547. The van der Waals surface area contributed by atoms with Gasteiger partial charge in [0.25, 0.3) is 0 Å². The summed E-state index contributed by atoms with van der Waals surface area (Å²) in [6.45, 7) is 6.01. The molecule has 1 amide bonds. The molecule has 2 N–H and O–H groups in total. The predicted molar refractivity (Wildman–Crippen MR) is 60.9 cm³/mol. The van der Waals surface area contributed by atoms with E-state index in [0.717, 1.165) is 0 Å². The third-order valence-corrected chi connectivity index (χ3v) is 1.93. The van der Waals surface area contributed by atoms with Crippen LogP contribution in [0.4, 0.5) is 4.79 Å². The van der Waals surface area contributed by atoms with Crippen molar-refractivity contribution < 1.29 is 9.53 Å². The van der Waals surface area contributed by atoms with Gasteiger partial charge in [-0.25, -0.2) is 4.79 Å². The Hall–Kier alpha value is -1.23. The Bertz CT molecular complexity index is 316. The van der Waals surface area contributed by atoms with E-state index in [1.54, 1.807) is 12.3 Å². The highest BCUT2D eigenvalue weighted by atomic mass is 32.1. The molecule has 84 valence electrons. The highest BCUT2D eigenvalue weighted by molar-refractivity contribution is 7.63. The molecule has 0 spiro atoms. The number of carbonyl (C=O) groups excluding carboxylic acids is 1. The van der Waals surface area contributed by atoms with Crippen molar-refractivity contribution in [3.8, 4) is 0 Å². The van der Waals surface area contributed by atoms with E-state index in [1.165, 1.54) is 0 Å². The average Bonchev–Trinajstić information content (AvgIpc) is 2.05. The summed E-state index contributed by atoms with van der Waals surface area (Å²) in [7, 11) is 0. The normalized spacial score (nSPS) is 15.9. The third kappa shape index (κ3) is 4.20. The smallest absolute Gasteiger partial charge is 0.412 e. The molecule has 0 unspecified atom stereocenters. The number of ether oxygens (including phenoxy) is 1. The molecule has 0 saturated carbocycles. The van der Waals surface area contributed by atoms with Gasteiger partial charge in [0.15, 0.2) is 0 Å². The molecule has 1 aliphatic heterocycles. The van der Waals surface area contributed by atoms with Crippen LogP contribution in [0, 0.1) is 0 Å². The van der Waals surface area contributed by atoms with Crippen molar-refractivity contribution >= 4 is 18.7 Å². The number of allylic oxidation sites excluding steroid dienone is 1. The quantitative estimate of drug-likeness (QED) is 0.665. The van der Waals surface area contributed by atoms with Gasteiger partial charge in [-0.1, -0.05) is 0 Å². The lowest BCUT2D eigenvalue weighted by Gasteiger charge is -2.24. The van der Waals surface area contributed by atoms with Crippen molar-refractivity contribution in [2.45, 2.75) is 26.4 Å². The minimum atomic E-state index is -0.497. The molecule has 0 radical (unpaired) electrons. The Kier molecular flexibility index (Phi) is 3.57. The zero-order valence-corrected chi connectivity index (χ0v) is 9.90. The summed E-state index contributed by atoms with van der Waals surface area (Å²) in [5.74, 6) is 0. The molecule has 0 bridgehead atoms. The van der Waals surface area contributed by atoms with Gasteiger partial charge in [-0.3, -0.25) is 5.32 Å². The van der Waals surface area contributed by atoms with Crippen LogP contribution in [0.5, 0.6) is 0 Å². The standard InChI is InChI=1S/C10H16N2O2S/c1-10(2,3)14-9(13)12-7-4-5-11-6-8(7)15/h4-5,11,15H,6H2,1-3H3,(H,12,13)/p-1. The number of amides is 1. The summed E-state index contributed by atoms with van der Waals surface area (Å²) in [5.41, 5.74) is 0.126. The molecule has 1 rings (SSSR count). The van der Waals surface area contributed by atoms with Gasteiger partial charge >= 0.3 is 6.09 Å². The molecule has 0 aromatic heterocycles. The Morgan fingerprint density at radius 2 is 2.27 bits per heavy atom. The third-order valence-electron chi connectivity index (χ3n) is 1.57. The zero-order chi connectivity index (χ0) is 11.5. The van der Waals surface area contributed by atoms with E-state index < -0.39 is 11.7 Å². The van der Waals surface area contributed by atoms with E-state index in [2.05, 4.69) is 10.6 Å². The number of nitrogens with one attached hydrogen (secondary N) is 2. The Morgan fingerprint density at radius 3 is 2.80 bits per heavy atom. The number of hydrogen-bond acceptors (Lipinski definition) is 4. The van der Waals surface area contributed by atoms with E-state index in [4.69, 9.17) is 17.4 Å². The van der Waals surface area contributed by atoms with Gasteiger partial charge in [0.05, 0.1) is 0 Å². The summed E-state index contributed by atoms with van der Waals surface area (Å²) in [6, 6.07) is 0. The first kappa shape index (κ1) is 11.8. The molecule has 1 heterocycles. The first-order chi connectivity index (χ1) is 6.88. The van der Waals surface area contributed by atoms with E-state index in [9.17, 15) is 4.79 Å². The highest BCUT2D eigenvalue weighted by Gasteiger charge is 2.16. The van der Waals surface area contributed by atoms with Crippen molar-refractivity contribution in [3.63, 3.8) is 0 Å². The van der Waals surface area contributed by atoms with Crippen molar-refractivity contribution in [1.82, 2.24) is 10.6 Å². The molecule has 0 saturated heterocycles. The highest BCUT2D eigenvalue weighted by Crippen LogP contribution is 2.09. The monoisotopic (exact) mass is 227 g/mol. The number of hydrogen-bond donors (Lipinski definition) is 2. The van der Waals surface area contributed by atoms with Crippen molar-refractivity contribution in [1.29, 1.82) is 0 Å². The molecular weight excluding hydrogens is 212 g/mol. The van der Waals surface area contributed by atoms with Gasteiger partial charge in [-0.15, -0.1) is 0 Å². The fourth-order valence-corrected chi connectivity index (χ4v) is 1.21. The second-order valence-electron chi connectivity index (χ2n) is 4.18. The summed E-state index contributed by atoms with van der Waals surface area (Å²) in [4.78, 5) is 12.1. The first-order valence-corrected chi connectivity index (χ1v) is 5.09. The van der Waals surface area contributed by atoms with Crippen LogP contribution in [0.25, 0.3) is 0 Å². The maximum atomic E-state index is 11.4. The summed E-state index contributed by atoms with van der Waals surface area (Å²) in [5, 5.41) is 5.56. The number of alkyl carbamates (subject to hydrolysis) is 1. The van der Waals surface area contributed by atoms with Gasteiger partial charge in [-0.05, 0) is 33.0 Å². The van der Waals surface area contributed by atoms with Crippen LogP contribution in [0.1, 0.15) is 20.8 Å². The van der Waals surface area contributed by atoms with Gasteiger partial charge in [-0.2, -0.15) is 4.91 Å². The molecule has 0 aliphatic carbocycles. The molecule has 4 nitrogen and oxygen atoms in total. The van der Waals surface area contributed by atoms with E-state index in [0.29, 0.717) is 17.1 Å². The van der Waals surface area contributed by atoms with Crippen LogP contribution in [0.15, 0.2) is 22.9 Å². The fourth-order valence-electron chi connectivity index (χ4n) is 1.01. The Balaban J connectivity index is 2.55. The summed E-state index contributed by atoms with van der Waals surface area (Å²) >= 11 is 5.07. The second kappa shape index (κ2) is 4.53. The molecule has 0 aromatic carbocycles. The van der Waals surface area contributed by atoms with Crippen molar-refractivity contribution in [2.24, 2.45) is 0 Å². The Morgan fingerprint density at radius 1 is 1.60 bits per heavy atom. The van der Waals surface area contributed by atoms with Gasteiger partial charge < -0.3 is 22.7 Å². The summed E-state index contributed by atoms with van der Waals surface area (Å²) < 4.78 is 5.10. The van der Waals surface area contributed by atoms with E-state index >= 15 is 0 Å². The largest absolute Gasteiger partial charge is 0.780 e. The van der Waals surface area contributed by atoms with Crippen LogP contribution in [0.2, 0.25) is 0 Å². The van der Waals surface area contributed by atoms with Gasteiger partial charge in [0, 0.05) is 12.2 Å². The topological polar surface area (TPSA) is 50.4 Å². The molecule has 0 atom stereocenters. The SMILES string of the molecule is CC(C)(C)OC(=O)NC1=C([S-])CNC=C1. The number of carbonyl (C=O) groups is 1. The summed E-state index contributed by atoms with van der Waals surface area (Å²) in [6.07, 6.45) is 2.98.